The number of benzene rings is 1. The molecule has 2 aliphatic rings. The van der Waals surface area contributed by atoms with Crippen molar-refractivity contribution in [2.45, 2.75) is 31.7 Å². The SMILES string of the molecule is O=C(N[C@H]1C[C@H]2CC[C@H]1C2)c1cc2ccccc2o1. The predicted octanol–water partition coefficient (Wildman–Crippen LogP) is 3.35. The van der Waals surface area contributed by atoms with E-state index in [0.717, 1.165) is 23.3 Å². The molecule has 3 heteroatoms. The van der Waals surface area contributed by atoms with Crippen molar-refractivity contribution in [2.24, 2.45) is 11.8 Å². The Balaban J connectivity index is 1.53. The number of carbonyl (C=O) groups is 1. The maximum Gasteiger partial charge on any atom is 0.287 e. The van der Waals surface area contributed by atoms with Gasteiger partial charge in [-0.2, -0.15) is 0 Å². The fourth-order valence-corrected chi connectivity index (χ4v) is 3.75. The molecular weight excluding hydrogens is 238 g/mol. The third-order valence-corrected chi connectivity index (χ3v) is 4.70. The molecule has 4 rings (SSSR count). The summed E-state index contributed by atoms with van der Waals surface area (Å²) in [6.45, 7) is 0. The number of hydrogen-bond acceptors (Lipinski definition) is 2. The Bertz CT molecular complexity index is 597. The van der Waals surface area contributed by atoms with Gasteiger partial charge in [0.15, 0.2) is 5.76 Å². The van der Waals surface area contributed by atoms with Crippen molar-refractivity contribution in [1.82, 2.24) is 5.32 Å². The fourth-order valence-electron chi connectivity index (χ4n) is 3.75. The van der Waals surface area contributed by atoms with Gasteiger partial charge in [0.05, 0.1) is 0 Å². The first-order valence-corrected chi connectivity index (χ1v) is 7.09. The van der Waals surface area contributed by atoms with Crippen molar-refractivity contribution >= 4 is 16.9 Å². The summed E-state index contributed by atoms with van der Waals surface area (Å²) < 4.78 is 5.61. The van der Waals surface area contributed by atoms with Crippen LogP contribution in [0.3, 0.4) is 0 Å². The molecule has 0 unspecified atom stereocenters. The smallest absolute Gasteiger partial charge is 0.287 e. The third-order valence-electron chi connectivity index (χ3n) is 4.70. The zero-order valence-electron chi connectivity index (χ0n) is 10.8. The Morgan fingerprint density at radius 2 is 2.11 bits per heavy atom. The lowest BCUT2D eigenvalue weighted by atomic mass is 9.95. The Hall–Kier alpha value is -1.77. The lowest BCUT2D eigenvalue weighted by molar-refractivity contribution is 0.0897. The van der Waals surface area contributed by atoms with E-state index in [4.69, 9.17) is 4.42 Å². The Morgan fingerprint density at radius 1 is 1.21 bits per heavy atom. The summed E-state index contributed by atoms with van der Waals surface area (Å²) in [5, 5.41) is 4.14. The zero-order valence-corrected chi connectivity index (χ0v) is 10.8. The van der Waals surface area contributed by atoms with Gasteiger partial charge in [0, 0.05) is 11.4 Å². The molecule has 2 saturated carbocycles. The van der Waals surface area contributed by atoms with Crippen molar-refractivity contribution in [3.8, 4) is 0 Å². The van der Waals surface area contributed by atoms with Crippen LogP contribution in [-0.4, -0.2) is 11.9 Å². The van der Waals surface area contributed by atoms with Gasteiger partial charge in [-0.1, -0.05) is 24.6 Å². The zero-order chi connectivity index (χ0) is 12.8. The number of furan rings is 1. The summed E-state index contributed by atoms with van der Waals surface area (Å²) >= 11 is 0. The maximum absolute atomic E-state index is 12.2. The molecule has 3 nitrogen and oxygen atoms in total. The molecule has 0 radical (unpaired) electrons. The van der Waals surface area contributed by atoms with E-state index in [1.165, 1.54) is 19.3 Å². The summed E-state index contributed by atoms with van der Waals surface area (Å²) in [6.07, 6.45) is 5.07. The van der Waals surface area contributed by atoms with Gasteiger partial charge in [0.1, 0.15) is 5.58 Å². The molecule has 1 aromatic carbocycles. The van der Waals surface area contributed by atoms with Crippen LogP contribution in [0, 0.1) is 11.8 Å². The summed E-state index contributed by atoms with van der Waals surface area (Å²) in [7, 11) is 0. The Labute approximate surface area is 112 Å². The van der Waals surface area contributed by atoms with Crippen LogP contribution in [-0.2, 0) is 0 Å². The van der Waals surface area contributed by atoms with E-state index < -0.39 is 0 Å². The number of carbonyl (C=O) groups excluding carboxylic acids is 1. The molecule has 1 N–H and O–H groups in total. The molecule has 2 aliphatic carbocycles. The number of rotatable bonds is 2. The van der Waals surface area contributed by atoms with Crippen LogP contribution in [0.15, 0.2) is 34.7 Å². The van der Waals surface area contributed by atoms with Gasteiger partial charge in [-0.3, -0.25) is 4.79 Å². The average molecular weight is 255 g/mol. The van der Waals surface area contributed by atoms with Crippen LogP contribution in [0.4, 0.5) is 0 Å². The van der Waals surface area contributed by atoms with Gasteiger partial charge in [-0.25, -0.2) is 0 Å². The molecule has 2 fully saturated rings. The highest BCUT2D eigenvalue weighted by molar-refractivity contribution is 5.96. The third kappa shape index (κ3) is 1.84. The van der Waals surface area contributed by atoms with Gasteiger partial charge in [-0.15, -0.1) is 0 Å². The van der Waals surface area contributed by atoms with Gasteiger partial charge >= 0.3 is 0 Å². The van der Waals surface area contributed by atoms with Crippen LogP contribution >= 0.6 is 0 Å². The first-order valence-electron chi connectivity index (χ1n) is 7.09. The number of para-hydroxylation sites is 1. The molecular formula is C16H17NO2. The van der Waals surface area contributed by atoms with Gasteiger partial charge in [0.25, 0.3) is 5.91 Å². The molecule has 1 aromatic heterocycles. The number of amides is 1. The van der Waals surface area contributed by atoms with Crippen molar-refractivity contribution in [2.75, 3.05) is 0 Å². The molecule has 1 heterocycles. The van der Waals surface area contributed by atoms with Gasteiger partial charge < -0.3 is 9.73 Å². The highest BCUT2D eigenvalue weighted by atomic mass is 16.3. The summed E-state index contributed by atoms with van der Waals surface area (Å²) in [4.78, 5) is 12.2. The van der Waals surface area contributed by atoms with Crippen molar-refractivity contribution in [3.05, 3.63) is 36.1 Å². The minimum Gasteiger partial charge on any atom is -0.451 e. The topological polar surface area (TPSA) is 42.2 Å². The van der Waals surface area contributed by atoms with Gasteiger partial charge in [-0.05, 0) is 43.2 Å². The minimum absolute atomic E-state index is 0.0613. The average Bonchev–Trinajstić information content (AvgIpc) is 3.12. The lowest BCUT2D eigenvalue weighted by Crippen LogP contribution is -2.38. The molecule has 0 spiro atoms. The molecule has 98 valence electrons. The lowest BCUT2D eigenvalue weighted by Gasteiger charge is -2.22. The summed E-state index contributed by atoms with van der Waals surface area (Å²) in [6, 6.07) is 9.92. The molecule has 3 atom stereocenters. The molecule has 0 saturated heterocycles. The minimum atomic E-state index is -0.0613. The second kappa shape index (κ2) is 4.12. The Morgan fingerprint density at radius 3 is 2.84 bits per heavy atom. The molecule has 1 amide bonds. The second-order valence-electron chi connectivity index (χ2n) is 5.90. The van der Waals surface area contributed by atoms with Crippen LogP contribution < -0.4 is 5.32 Å². The van der Waals surface area contributed by atoms with Gasteiger partial charge in [0.2, 0.25) is 0 Å². The fraction of sp³-hybridized carbons (Fsp3) is 0.438. The number of fused-ring (bicyclic) bond motifs is 3. The van der Waals surface area contributed by atoms with E-state index >= 15 is 0 Å². The second-order valence-corrected chi connectivity index (χ2v) is 5.90. The van der Waals surface area contributed by atoms with E-state index in [2.05, 4.69) is 5.32 Å². The predicted molar refractivity (Wildman–Crippen MR) is 72.9 cm³/mol. The first kappa shape index (κ1) is 11.1. The Kier molecular flexibility index (Phi) is 2.40. The maximum atomic E-state index is 12.2. The van der Waals surface area contributed by atoms with Crippen LogP contribution in [0.1, 0.15) is 36.2 Å². The summed E-state index contributed by atoms with van der Waals surface area (Å²) in [5.41, 5.74) is 0.778. The van der Waals surface area contributed by atoms with E-state index in [1.54, 1.807) is 0 Å². The van der Waals surface area contributed by atoms with E-state index in [1.807, 2.05) is 30.3 Å². The first-order chi connectivity index (χ1) is 9.29. The van der Waals surface area contributed by atoms with Crippen molar-refractivity contribution in [3.63, 3.8) is 0 Å². The van der Waals surface area contributed by atoms with Crippen LogP contribution in [0.2, 0.25) is 0 Å². The molecule has 19 heavy (non-hydrogen) atoms. The summed E-state index contributed by atoms with van der Waals surface area (Å²) in [5.74, 6) is 1.90. The van der Waals surface area contributed by atoms with E-state index in [0.29, 0.717) is 17.7 Å². The molecule has 0 aliphatic heterocycles. The normalized spacial score (nSPS) is 28.9. The highest BCUT2D eigenvalue weighted by Gasteiger charge is 2.40. The monoisotopic (exact) mass is 255 g/mol. The molecule has 2 bridgehead atoms. The largest absolute Gasteiger partial charge is 0.451 e. The van der Waals surface area contributed by atoms with Crippen LogP contribution in [0.5, 0.6) is 0 Å². The van der Waals surface area contributed by atoms with E-state index in [9.17, 15) is 4.79 Å². The standard InChI is InChI=1S/C16H17NO2/c18-16(17-13-8-10-5-6-11(13)7-10)15-9-12-3-1-2-4-14(12)19-15/h1-4,9-11,13H,5-8H2,(H,17,18)/t10-,11-,13-/m0/s1. The van der Waals surface area contributed by atoms with Crippen molar-refractivity contribution in [1.29, 1.82) is 0 Å². The number of hydrogen-bond donors (Lipinski definition) is 1. The van der Waals surface area contributed by atoms with E-state index in [-0.39, 0.29) is 5.91 Å². The van der Waals surface area contributed by atoms with Crippen LogP contribution in [0.25, 0.3) is 11.0 Å². The number of nitrogens with one attached hydrogen (secondary N) is 1. The molecule has 2 aromatic rings. The van der Waals surface area contributed by atoms with Crippen molar-refractivity contribution < 1.29 is 9.21 Å². The quantitative estimate of drug-likeness (QED) is 0.894. The highest BCUT2D eigenvalue weighted by Crippen LogP contribution is 2.44.